The highest BCUT2D eigenvalue weighted by atomic mass is 35.5. The van der Waals surface area contributed by atoms with E-state index in [4.69, 9.17) is 26.8 Å². The van der Waals surface area contributed by atoms with Crippen LogP contribution in [0.15, 0.2) is 101 Å². The van der Waals surface area contributed by atoms with E-state index in [1.54, 1.807) is 24.3 Å². The summed E-state index contributed by atoms with van der Waals surface area (Å²) in [7, 11) is 1.47. The molecule has 1 heterocycles. The van der Waals surface area contributed by atoms with Gasteiger partial charge in [0.25, 0.3) is 0 Å². The van der Waals surface area contributed by atoms with E-state index in [1.165, 1.54) is 7.11 Å². The molecule has 0 aliphatic carbocycles. The van der Waals surface area contributed by atoms with Crippen LogP contribution in [0.25, 0.3) is 0 Å². The molecule has 0 bridgehead atoms. The fourth-order valence-corrected chi connectivity index (χ4v) is 5.61. The number of carbonyl (C=O) groups excluding carboxylic acids is 1. The van der Waals surface area contributed by atoms with Gasteiger partial charge in [0.05, 0.1) is 31.2 Å². The second-order valence-electron chi connectivity index (χ2n) is 10.0. The smallest absolute Gasteiger partial charge is 0.313 e. The lowest BCUT2D eigenvalue weighted by Gasteiger charge is -2.32. The summed E-state index contributed by atoms with van der Waals surface area (Å²) in [6.07, 6.45) is 0.633. The van der Waals surface area contributed by atoms with E-state index < -0.39 is 23.7 Å². The van der Waals surface area contributed by atoms with Gasteiger partial charge >= 0.3 is 5.97 Å². The Kier molecular flexibility index (Phi) is 11.4. The summed E-state index contributed by atoms with van der Waals surface area (Å²) in [5.74, 6) is -3.46. The van der Waals surface area contributed by atoms with Crippen molar-refractivity contribution < 1.29 is 24.2 Å². The maximum atomic E-state index is 14.0. The number of carboxylic acids is 1. The Bertz CT molecular complexity index is 1370. The molecule has 3 aromatic carbocycles. The third-order valence-electron chi connectivity index (χ3n) is 7.23. The lowest BCUT2D eigenvalue weighted by atomic mass is 9.75. The summed E-state index contributed by atoms with van der Waals surface area (Å²) in [5.41, 5.74) is 9.38. The molecule has 4 rings (SSSR count). The van der Waals surface area contributed by atoms with Gasteiger partial charge in [-0.3, -0.25) is 14.6 Å². The lowest BCUT2D eigenvalue weighted by molar-refractivity contribution is -0.140. The minimum atomic E-state index is -1.14. The van der Waals surface area contributed by atoms with Crippen LogP contribution in [0.2, 0.25) is 5.02 Å². The number of carbonyl (C=O) groups is 2. The molecule has 0 aromatic heterocycles. The third-order valence-corrected chi connectivity index (χ3v) is 7.46. The Morgan fingerprint density at radius 2 is 1.67 bits per heavy atom. The molecule has 220 valence electrons. The molecule has 0 spiro atoms. The topological polar surface area (TPSA) is 123 Å². The van der Waals surface area contributed by atoms with E-state index in [0.29, 0.717) is 41.5 Å². The summed E-state index contributed by atoms with van der Waals surface area (Å²) in [6.45, 7) is 0.877. The predicted molar refractivity (Wildman–Crippen MR) is 164 cm³/mol. The van der Waals surface area contributed by atoms with Crippen LogP contribution in [0.5, 0.6) is 0 Å². The maximum absolute atomic E-state index is 14.0. The van der Waals surface area contributed by atoms with Crippen molar-refractivity contribution in [2.75, 3.05) is 40.0 Å². The van der Waals surface area contributed by atoms with E-state index in [0.717, 1.165) is 11.1 Å². The zero-order valence-electron chi connectivity index (χ0n) is 23.5. The first-order valence-corrected chi connectivity index (χ1v) is 14.3. The summed E-state index contributed by atoms with van der Waals surface area (Å²) >= 11 is 6.33. The number of rotatable bonds is 14. The molecule has 4 N–H and O–H groups in total. The van der Waals surface area contributed by atoms with Crippen molar-refractivity contribution in [2.45, 2.75) is 18.3 Å². The van der Waals surface area contributed by atoms with E-state index in [2.05, 4.69) is 34.6 Å². The molecular formula is C33H36ClN3O5. The van der Waals surface area contributed by atoms with Gasteiger partial charge in [-0.1, -0.05) is 84.4 Å². The molecule has 0 fully saturated rings. The van der Waals surface area contributed by atoms with Gasteiger partial charge in [-0.15, -0.1) is 0 Å². The number of ether oxygens (including phenoxy) is 2. The summed E-state index contributed by atoms with van der Waals surface area (Å²) < 4.78 is 11.0. The van der Waals surface area contributed by atoms with Gasteiger partial charge in [0.2, 0.25) is 5.91 Å². The maximum Gasteiger partial charge on any atom is 0.313 e. The van der Waals surface area contributed by atoms with Crippen LogP contribution in [0, 0.1) is 5.92 Å². The first-order chi connectivity index (χ1) is 20.4. The first kappa shape index (κ1) is 31.1. The number of halogens is 1. The Balaban J connectivity index is 1.70. The van der Waals surface area contributed by atoms with Crippen LogP contribution in [0.1, 0.15) is 34.9 Å². The predicted octanol–water partition coefficient (Wildman–Crippen LogP) is 4.79. The minimum Gasteiger partial charge on any atom is -0.481 e. The van der Waals surface area contributed by atoms with Gasteiger partial charge in [0, 0.05) is 42.6 Å². The largest absolute Gasteiger partial charge is 0.481 e. The summed E-state index contributed by atoms with van der Waals surface area (Å²) in [5, 5.41) is 13.9. The number of methoxy groups -OCH3 is 1. The molecule has 8 nitrogen and oxygen atoms in total. The van der Waals surface area contributed by atoms with E-state index in [-0.39, 0.29) is 31.3 Å². The molecular weight excluding hydrogens is 554 g/mol. The van der Waals surface area contributed by atoms with Crippen molar-refractivity contribution in [1.82, 2.24) is 5.32 Å². The zero-order valence-corrected chi connectivity index (χ0v) is 24.3. The van der Waals surface area contributed by atoms with E-state index >= 15 is 0 Å². The number of hydrogen-bond acceptors (Lipinski definition) is 6. The molecule has 0 saturated heterocycles. The Labute approximate surface area is 251 Å². The SMILES string of the molecule is COCC1=NC(COCCN)=C(C(=O)NCCC(c2ccccc2)c2ccccc2)C(c2cccc(Cl)c2)C1C(=O)O. The quantitative estimate of drug-likeness (QED) is 0.232. The molecule has 3 aromatic rings. The Hall–Kier alpha value is -3.82. The van der Waals surface area contributed by atoms with E-state index in [9.17, 15) is 14.7 Å². The Morgan fingerprint density at radius 3 is 2.24 bits per heavy atom. The van der Waals surface area contributed by atoms with Crippen LogP contribution in [-0.2, 0) is 19.1 Å². The number of nitrogens with two attached hydrogens (primary N) is 1. The number of nitrogens with zero attached hydrogens (tertiary/aromatic N) is 1. The minimum absolute atomic E-state index is 0.00672. The molecule has 42 heavy (non-hydrogen) atoms. The highest BCUT2D eigenvalue weighted by Crippen LogP contribution is 2.40. The van der Waals surface area contributed by atoms with Gasteiger partial charge in [-0.2, -0.15) is 0 Å². The second kappa shape index (κ2) is 15.4. The number of nitrogens with one attached hydrogen (secondary N) is 1. The molecule has 1 amide bonds. The summed E-state index contributed by atoms with van der Waals surface area (Å²) in [6, 6.07) is 27.2. The van der Waals surface area contributed by atoms with Gasteiger partial charge in [-0.05, 0) is 35.2 Å². The fourth-order valence-electron chi connectivity index (χ4n) is 5.41. The monoisotopic (exact) mass is 589 g/mol. The third kappa shape index (κ3) is 7.72. The van der Waals surface area contributed by atoms with Crippen molar-refractivity contribution in [3.8, 4) is 0 Å². The second-order valence-corrected chi connectivity index (χ2v) is 10.4. The number of hydrogen-bond donors (Lipinski definition) is 3. The van der Waals surface area contributed by atoms with Crippen LogP contribution in [-0.4, -0.2) is 62.7 Å². The van der Waals surface area contributed by atoms with Crippen LogP contribution in [0.3, 0.4) is 0 Å². The molecule has 1 aliphatic heterocycles. The number of carboxylic acid groups (broad SMARTS) is 1. The highest BCUT2D eigenvalue weighted by Gasteiger charge is 2.43. The number of aliphatic imine (C=N–C) groups is 1. The highest BCUT2D eigenvalue weighted by molar-refractivity contribution is 6.30. The lowest BCUT2D eigenvalue weighted by Crippen LogP contribution is -2.41. The zero-order chi connectivity index (χ0) is 29.9. The van der Waals surface area contributed by atoms with Crippen molar-refractivity contribution in [1.29, 1.82) is 0 Å². The molecule has 1 aliphatic rings. The first-order valence-electron chi connectivity index (χ1n) is 13.9. The van der Waals surface area contributed by atoms with Crippen LogP contribution >= 0.6 is 11.6 Å². The Morgan fingerprint density at radius 1 is 1.00 bits per heavy atom. The molecule has 0 radical (unpaired) electrons. The van der Waals surface area contributed by atoms with Crippen molar-refractivity contribution >= 4 is 29.2 Å². The van der Waals surface area contributed by atoms with E-state index in [1.807, 2.05) is 36.4 Å². The van der Waals surface area contributed by atoms with Crippen LogP contribution in [0.4, 0.5) is 0 Å². The molecule has 0 saturated carbocycles. The molecule has 2 atom stereocenters. The van der Waals surface area contributed by atoms with Gasteiger partial charge in [-0.25, -0.2) is 0 Å². The van der Waals surface area contributed by atoms with Crippen molar-refractivity contribution in [2.24, 2.45) is 16.6 Å². The number of aliphatic carboxylic acids is 1. The molecule has 2 unspecified atom stereocenters. The fraction of sp³-hybridized carbons (Fsp3) is 0.303. The normalized spacial score (nSPS) is 16.8. The standard InChI is InChI=1S/C33H36ClN3O5/c1-41-20-27-31(33(39)40)29(24-13-8-14-25(34)19-24)30(28(37-27)21-42-18-16-35)32(38)36-17-15-26(22-9-4-2-5-10-22)23-11-6-3-7-12-23/h2-14,19,26,29,31H,15-18,20-21,35H2,1H3,(H,36,38)(H,39,40). The van der Waals surface area contributed by atoms with Crippen LogP contribution < -0.4 is 11.1 Å². The summed E-state index contributed by atoms with van der Waals surface area (Å²) in [4.78, 5) is 31.3. The molecule has 9 heteroatoms. The van der Waals surface area contributed by atoms with Crippen molar-refractivity contribution in [3.63, 3.8) is 0 Å². The van der Waals surface area contributed by atoms with Crippen molar-refractivity contribution in [3.05, 3.63) is 118 Å². The van der Waals surface area contributed by atoms with Gasteiger partial charge < -0.3 is 25.6 Å². The average Bonchev–Trinajstić information content (AvgIpc) is 3.00. The van der Waals surface area contributed by atoms with Gasteiger partial charge in [0.15, 0.2) is 0 Å². The van der Waals surface area contributed by atoms with Gasteiger partial charge in [0.1, 0.15) is 5.92 Å². The number of amides is 1. The number of benzene rings is 3. The average molecular weight is 590 g/mol.